The van der Waals surface area contributed by atoms with Crippen LogP contribution in [0.2, 0.25) is 0 Å². The molecule has 0 radical (unpaired) electrons. The maximum atomic E-state index is 14.1. The third-order valence-corrected chi connectivity index (χ3v) is 8.67. The summed E-state index contributed by atoms with van der Waals surface area (Å²) in [4.78, 5) is 60.1. The summed E-state index contributed by atoms with van der Waals surface area (Å²) < 4.78 is 0.980. The summed E-state index contributed by atoms with van der Waals surface area (Å²) in [5, 5.41) is 11.6. The number of nitrogens with zero attached hydrogens (tertiary/aromatic N) is 2. The van der Waals surface area contributed by atoms with E-state index in [1.165, 1.54) is 22.4 Å². The van der Waals surface area contributed by atoms with Crippen LogP contribution in [0.1, 0.15) is 52.1 Å². The van der Waals surface area contributed by atoms with Gasteiger partial charge in [0.25, 0.3) is 11.8 Å². The van der Waals surface area contributed by atoms with Crippen molar-refractivity contribution in [2.45, 2.75) is 45.2 Å². The van der Waals surface area contributed by atoms with Gasteiger partial charge in [0.2, 0.25) is 11.8 Å². The molecule has 0 fully saturated rings. The lowest BCUT2D eigenvalue weighted by Gasteiger charge is -2.30. The summed E-state index contributed by atoms with van der Waals surface area (Å²) in [6, 6.07) is 17.8. The lowest BCUT2D eigenvalue weighted by molar-refractivity contribution is -0.124. The van der Waals surface area contributed by atoms with E-state index < -0.39 is 12.1 Å². The minimum Gasteiger partial charge on any atom is -0.355 e. The van der Waals surface area contributed by atoms with Crippen LogP contribution in [0.5, 0.6) is 0 Å². The first-order valence-corrected chi connectivity index (χ1v) is 15.8. The van der Waals surface area contributed by atoms with E-state index in [0.717, 1.165) is 21.2 Å². The topological polar surface area (TPSA) is 120 Å². The molecule has 0 spiro atoms. The molecule has 0 aliphatic carbocycles. The summed E-state index contributed by atoms with van der Waals surface area (Å²) in [6.07, 6.45) is 4.84. The zero-order chi connectivity index (χ0) is 31.1. The number of carbonyl (C=O) groups excluding carboxylic acids is 4. The molecule has 2 atom stereocenters. The van der Waals surface area contributed by atoms with Crippen molar-refractivity contribution in [3.05, 3.63) is 101 Å². The van der Waals surface area contributed by atoms with Crippen molar-refractivity contribution in [1.82, 2.24) is 25.8 Å². The highest BCUT2D eigenvalue weighted by Crippen LogP contribution is 2.27. The van der Waals surface area contributed by atoms with Crippen LogP contribution >= 0.6 is 11.3 Å². The molecule has 10 heteroatoms. The van der Waals surface area contributed by atoms with Gasteiger partial charge < -0.3 is 20.9 Å². The number of benzene rings is 2. The van der Waals surface area contributed by atoms with Crippen LogP contribution in [0.25, 0.3) is 10.1 Å². The van der Waals surface area contributed by atoms with Crippen molar-refractivity contribution >= 4 is 45.1 Å². The molecule has 0 saturated heterocycles. The van der Waals surface area contributed by atoms with Crippen LogP contribution in [0.15, 0.2) is 78.4 Å². The van der Waals surface area contributed by atoms with Crippen molar-refractivity contribution in [2.75, 3.05) is 19.6 Å². The number of amides is 4. The maximum absolute atomic E-state index is 14.1. The molecule has 1 aliphatic rings. The summed E-state index contributed by atoms with van der Waals surface area (Å²) in [6.45, 7) is 4.08. The van der Waals surface area contributed by atoms with Gasteiger partial charge in [-0.2, -0.15) is 0 Å². The zero-order valence-electron chi connectivity index (χ0n) is 24.9. The van der Waals surface area contributed by atoms with Gasteiger partial charge in [-0.05, 0) is 48.4 Å². The zero-order valence-corrected chi connectivity index (χ0v) is 25.7. The molecule has 0 unspecified atom stereocenters. The number of fused-ring (bicyclic) bond motifs is 3. The average Bonchev–Trinajstić information content (AvgIpc) is 3.45. The molecule has 0 saturated carbocycles. The van der Waals surface area contributed by atoms with Crippen molar-refractivity contribution in [3.8, 4) is 0 Å². The molecular weight excluding hydrogens is 574 g/mol. The maximum Gasteiger partial charge on any atom is 0.255 e. The number of aryl methyl sites for hydroxylation is 1. The Hall–Kier alpha value is -4.57. The van der Waals surface area contributed by atoms with Gasteiger partial charge in [0.05, 0.1) is 23.7 Å². The molecule has 2 bridgehead atoms. The summed E-state index contributed by atoms with van der Waals surface area (Å²) >= 11 is 1.48. The molecule has 5 rings (SSSR count). The average molecular weight is 612 g/mol. The fraction of sp³-hybridized carbons (Fsp3) is 0.324. The Kier molecular flexibility index (Phi) is 10.0. The van der Waals surface area contributed by atoms with Crippen molar-refractivity contribution in [3.63, 3.8) is 0 Å². The van der Waals surface area contributed by atoms with Crippen LogP contribution in [0, 0.1) is 5.92 Å². The quantitative estimate of drug-likeness (QED) is 0.323. The molecule has 228 valence electrons. The van der Waals surface area contributed by atoms with Gasteiger partial charge in [0.1, 0.15) is 6.04 Å². The molecule has 4 amide bonds. The first-order valence-electron chi connectivity index (χ1n) is 14.9. The van der Waals surface area contributed by atoms with Gasteiger partial charge in [-0.15, -0.1) is 11.3 Å². The Balaban J connectivity index is 1.49. The van der Waals surface area contributed by atoms with Crippen LogP contribution in [0.3, 0.4) is 0 Å². The van der Waals surface area contributed by atoms with E-state index >= 15 is 0 Å². The number of aromatic nitrogens is 1. The normalized spacial score (nSPS) is 18.8. The molecule has 3 heterocycles. The third kappa shape index (κ3) is 7.68. The Morgan fingerprint density at radius 3 is 2.59 bits per heavy atom. The largest absolute Gasteiger partial charge is 0.355 e. The SMILES string of the molecule is CC(C)[C@H]1NC(=O)c2cncc(c2)CCCNC(=O)CN(C(=O)c2csc3ccccc23)C[C@@H](Cc2ccccc2)NC1=O. The van der Waals surface area contributed by atoms with Crippen molar-refractivity contribution < 1.29 is 19.2 Å². The predicted octanol–water partition coefficient (Wildman–Crippen LogP) is 3.98. The number of hydrogen-bond acceptors (Lipinski definition) is 6. The van der Waals surface area contributed by atoms with Crippen LogP contribution < -0.4 is 16.0 Å². The van der Waals surface area contributed by atoms with Gasteiger partial charge in [-0.3, -0.25) is 24.2 Å². The fourth-order valence-electron chi connectivity index (χ4n) is 5.41. The number of thiophene rings is 1. The van der Waals surface area contributed by atoms with E-state index in [0.29, 0.717) is 36.9 Å². The van der Waals surface area contributed by atoms with Crippen LogP contribution in [-0.2, 0) is 22.4 Å². The smallest absolute Gasteiger partial charge is 0.255 e. The summed E-state index contributed by atoms with van der Waals surface area (Å²) in [7, 11) is 0. The lowest BCUT2D eigenvalue weighted by Crippen LogP contribution is -2.55. The molecular formula is C34H37N5O4S. The van der Waals surface area contributed by atoms with Crippen molar-refractivity contribution in [1.29, 1.82) is 0 Å². The van der Waals surface area contributed by atoms with Gasteiger partial charge in [-0.1, -0.05) is 62.4 Å². The van der Waals surface area contributed by atoms with Gasteiger partial charge in [0, 0.05) is 40.9 Å². The van der Waals surface area contributed by atoms with Crippen LogP contribution in [0.4, 0.5) is 0 Å². The Labute approximate surface area is 261 Å². The number of pyridine rings is 1. The van der Waals surface area contributed by atoms with Gasteiger partial charge in [-0.25, -0.2) is 0 Å². The second-order valence-corrected chi connectivity index (χ2v) is 12.4. The lowest BCUT2D eigenvalue weighted by atomic mass is 10.00. The second kappa shape index (κ2) is 14.3. The molecule has 44 heavy (non-hydrogen) atoms. The monoisotopic (exact) mass is 611 g/mol. The summed E-state index contributed by atoms with van der Waals surface area (Å²) in [5.74, 6) is -1.52. The standard InChI is InChI=1S/C34H37N5O4S/c1-22(2)31-33(42)37-26(16-23-9-4-3-5-10-23)19-39(34(43)28-21-44-29-13-7-6-12-27(28)29)20-30(40)36-14-8-11-24-15-25(18-35-17-24)32(41)38-31/h3-7,9-10,12-13,15,17-18,21-22,26,31H,8,11,14,16,19-20H2,1-2H3,(H,36,40)(H,37,42)(H,38,41)/t26-,31-/m1/s1. The molecule has 4 aromatic rings. The highest BCUT2D eigenvalue weighted by molar-refractivity contribution is 7.17. The highest BCUT2D eigenvalue weighted by Gasteiger charge is 2.30. The first kappa shape index (κ1) is 30.9. The Morgan fingerprint density at radius 1 is 1.02 bits per heavy atom. The minimum absolute atomic E-state index is 0.0977. The highest BCUT2D eigenvalue weighted by atomic mass is 32.1. The van der Waals surface area contributed by atoms with E-state index in [1.54, 1.807) is 12.3 Å². The van der Waals surface area contributed by atoms with E-state index in [1.807, 2.05) is 73.8 Å². The number of hydrogen-bond donors (Lipinski definition) is 3. The molecule has 3 N–H and O–H groups in total. The molecule has 2 aromatic carbocycles. The van der Waals surface area contributed by atoms with E-state index in [-0.39, 0.29) is 42.6 Å². The van der Waals surface area contributed by atoms with Gasteiger partial charge in [0.15, 0.2) is 0 Å². The molecule has 2 aromatic heterocycles. The number of rotatable bonds is 4. The van der Waals surface area contributed by atoms with Gasteiger partial charge >= 0.3 is 0 Å². The van der Waals surface area contributed by atoms with E-state index in [2.05, 4.69) is 20.9 Å². The predicted molar refractivity (Wildman–Crippen MR) is 171 cm³/mol. The first-order chi connectivity index (χ1) is 21.3. The number of nitrogens with one attached hydrogen (secondary N) is 3. The Morgan fingerprint density at radius 2 is 1.80 bits per heavy atom. The van der Waals surface area contributed by atoms with E-state index in [9.17, 15) is 19.2 Å². The number of carbonyl (C=O) groups is 4. The Bertz CT molecular complexity index is 1640. The third-order valence-electron chi connectivity index (χ3n) is 7.70. The van der Waals surface area contributed by atoms with Crippen molar-refractivity contribution in [2.24, 2.45) is 5.92 Å². The minimum atomic E-state index is -0.826. The summed E-state index contributed by atoms with van der Waals surface area (Å²) in [5.41, 5.74) is 2.71. The van der Waals surface area contributed by atoms with Crippen LogP contribution in [-0.4, -0.2) is 65.2 Å². The second-order valence-electron chi connectivity index (χ2n) is 11.5. The molecule has 9 nitrogen and oxygen atoms in total. The van der Waals surface area contributed by atoms with E-state index in [4.69, 9.17) is 0 Å². The fourth-order valence-corrected chi connectivity index (χ4v) is 6.34. The molecule has 1 aliphatic heterocycles.